The number of hydrogen-bond acceptors (Lipinski definition) is 1. The summed E-state index contributed by atoms with van der Waals surface area (Å²) in [4.78, 5) is 0. The Bertz CT molecular complexity index is 127. The Kier molecular flexibility index (Phi) is 2.94. The normalized spacial score (nSPS) is 26.2. The second-order valence-corrected chi connectivity index (χ2v) is 3.18. The Balaban J connectivity index is 2.36. The van der Waals surface area contributed by atoms with E-state index in [1.54, 1.807) is 7.11 Å². The van der Waals surface area contributed by atoms with Crippen LogP contribution < -0.4 is 0 Å². The second-order valence-electron chi connectivity index (χ2n) is 3.18. The topological polar surface area (TPSA) is 9.23 Å². The van der Waals surface area contributed by atoms with Crippen LogP contribution in [0.15, 0.2) is 11.6 Å². The first kappa shape index (κ1) is 7.80. The molecule has 1 nitrogen and oxygen atoms in total. The van der Waals surface area contributed by atoms with Gasteiger partial charge in [0.2, 0.25) is 0 Å². The largest absolute Gasteiger partial charge is 0.380 e. The van der Waals surface area contributed by atoms with Crippen LogP contribution in [0.1, 0.15) is 26.2 Å². The highest BCUT2D eigenvalue weighted by Gasteiger charge is 2.09. The fraction of sp³-hybridized carbons (Fsp3) is 0.778. The molecule has 0 aromatic carbocycles. The molecule has 0 saturated carbocycles. The van der Waals surface area contributed by atoms with Crippen LogP contribution in [-0.4, -0.2) is 13.7 Å². The average Bonchev–Trinajstić information content (AvgIpc) is 1.88. The first-order valence-electron chi connectivity index (χ1n) is 3.99. The van der Waals surface area contributed by atoms with Crippen LogP contribution in [0.2, 0.25) is 0 Å². The standard InChI is InChI=1S/C9H16O/c1-8-4-3-5-9(6-8)7-10-2/h5,8H,3-4,6-7H2,1-2H3/t8-/m0/s1. The van der Waals surface area contributed by atoms with E-state index in [0.29, 0.717) is 0 Å². The zero-order chi connectivity index (χ0) is 7.40. The summed E-state index contributed by atoms with van der Waals surface area (Å²) in [6.45, 7) is 3.15. The summed E-state index contributed by atoms with van der Waals surface area (Å²) in [5, 5.41) is 0. The Morgan fingerprint density at radius 3 is 3.10 bits per heavy atom. The predicted octanol–water partition coefficient (Wildman–Crippen LogP) is 2.38. The molecule has 1 atom stereocenters. The van der Waals surface area contributed by atoms with Crippen LogP contribution in [0.3, 0.4) is 0 Å². The molecular weight excluding hydrogens is 124 g/mol. The molecule has 0 aromatic rings. The van der Waals surface area contributed by atoms with E-state index in [1.807, 2.05) is 0 Å². The van der Waals surface area contributed by atoms with Gasteiger partial charge in [-0.15, -0.1) is 0 Å². The van der Waals surface area contributed by atoms with Crippen LogP contribution in [0.5, 0.6) is 0 Å². The van der Waals surface area contributed by atoms with Crippen LogP contribution >= 0.6 is 0 Å². The van der Waals surface area contributed by atoms with Crippen LogP contribution in [-0.2, 0) is 4.74 Å². The average molecular weight is 140 g/mol. The van der Waals surface area contributed by atoms with Gasteiger partial charge < -0.3 is 4.74 Å². The molecule has 0 N–H and O–H groups in total. The maximum atomic E-state index is 5.06. The molecule has 10 heavy (non-hydrogen) atoms. The van der Waals surface area contributed by atoms with Crippen molar-refractivity contribution >= 4 is 0 Å². The van der Waals surface area contributed by atoms with Gasteiger partial charge in [-0.1, -0.05) is 13.0 Å². The van der Waals surface area contributed by atoms with Gasteiger partial charge in [-0.2, -0.15) is 0 Å². The van der Waals surface area contributed by atoms with Gasteiger partial charge in [0.15, 0.2) is 0 Å². The molecule has 1 aliphatic carbocycles. The quantitative estimate of drug-likeness (QED) is 0.535. The fourth-order valence-electron chi connectivity index (χ4n) is 1.51. The number of hydrogen-bond donors (Lipinski definition) is 0. The molecular formula is C9H16O. The molecule has 0 aromatic heterocycles. The van der Waals surface area contributed by atoms with Gasteiger partial charge in [-0.05, 0) is 30.8 Å². The second kappa shape index (κ2) is 3.77. The number of allylic oxidation sites excluding steroid dienone is 1. The fourth-order valence-corrected chi connectivity index (χ4v) is 1.51. The number of rotatable bonds is 2. The van der Waals surface area contributed by atoms with E-state index in [4.69, 9.17) is 4.74 Å². The minimum Gasteiger partial charge on any atom is -0.380 e. The highest BCUT2D eigenvalue weighted by Crippen LogP contribution is 2.22. The van der Waals surface area contributed by atoms with Crippen molar-refractivity contribution in [3.63, 3.8) is 0 Å². The van der Waals surface area contributed by atoms with Gasteiger partial charge >= 0.3 is 0 Å². The van der Waals surface area contributed by atoms with E-state index in [9.17, 15) is 0 Å². The smallest absolute Gasteiger partial charge is 0.0673 e. The summed E-state index contributed by atoms with van der Waals surface area (Å²) in [6.07, 6.45) is 6.17. The van der Waals surface area contributed by atoms with Crippen molar-refractivity contribution in [1.29, 1.82) is 0 Å². The zero-order valence-electron chi connectivity index (χ0n) is 6.89. The van der Waals surface area contributed by atoms with E-state index in [0.717, 1.165) is 12.5 Å². The monoisotopic (exact) mass is 140 g/mol. The Hall–Kier alpha value is -0.300. The van der Waals surface area contributed by atoms with Crippen LogP contribution in [0.4, 0.5) is 0 Å². The first-order valence-corrected chi connectivity index (χ1v) is 3.99. The summed E-state index contributed by atoms with van der Waals surface area (Å²) in [5.74, 6) is 0.871. The zero-order valence-corrected chi connectivity index (χ0v) is 6.89. The molecule has 0 aliphatic heterocycles. The van der Waals surface area contributed by atoms with Gasteiger partial charge in [0.05, 0.1) is 6.61 Å². The van der Waals surface area contributed by atoms with Crippen molar-refractivity contribution in [2.24, 2.45) is 5.92 Å². The SMILES string of the molecule is COCC1=CCC[C@H](C)C1. The lowest BCUT2D eigenvalue weighted by atomic mass is 9.91. The van der Waals surface area contributed by atoms with Crippen molar-refractivity contribution in [2.45, 2.75) is 26.2 Å². The lowest BCUT2D eigenvalue weighted by Crippen LogP contribution is -2.06. The van der Waals surface area contributed by atoms with Crippen LogP contribution in [0, 0.1) is 5.92 Å². The molecule has 1 rings (SSSR count). The molecule has 0 unspecified atom stereocenters. The highest BCUT2D eigenvalue weighted by molar-refractivity contribution is 5.06. The Morgan fingerprint density at radius 2 is 2.50 bits per heavy atom. The van der Waals surface area contributed by atoms with E-state index in [-0.39, 0.29) is 0 Å². The third kappa shape index (κ3) is 2.14. The van der Waals surface area contributed by atoms with Crippen molar-refractivity contribution < 1.29 is 4.74 Å². The Labute approximate surface area is 63.1 Å². The summed E-state index contributed by atoms with van der Waals surface area (Å²) < 4.78 is 5.06. The number of methoxy groups -OCH3 is 1. The Morgan fingerprint density at radius 1 is 1.70 bits per heavy atom. The molecule has 0 spiro atoms. The molecule has 0 heterocycles. The molecule has 0 radical (unpaired) electrons. The molecule has 1 aliphatic rings. The minimum atomic E-state index is 0.838. The van der Waals surface area contributed by atoms with Gasteiger partial charge in [0.1, 0.15) is 0 Å². The number of ether oxygens (including phenoxy) is 1. The van der Waals surface area contributed by atoms with E-state index in [1.165, 1.54) is 24.8 Å². The van der Waals surface area contributed by atoms with Crippen molar-refractivity contribution in [3.8, 4) is 0 Å². The minimum absolute atomic E-state index is 0.838. The van der Waals surface area contributed by atoms with Gasteiger partial charge in [0.25, 0.3) is 0 Å². The molecule has 58 valence electrons. The highest BCUT2D eigenvalue weighted by atomic mass is 16.5. The van der Waals surface area contributed by atoms with Crippen molar-refractivity contribution in [3.05, 3.63) is 11.6 Å². The van der Waals surface area contributed by atoms with Gasteiger partial charge in [-0.3, -0.25) is 0 Å². The molecule has 0 bridgehead atoms. The summed E-state index contributed by atoms with van der Waals surface area (Å²) in [6, 6.07) is 0. The molecule has 0 saturated heterocycles. The van der Waals surface area contributed by atoms with E-state index >= 15 is 0 Å². The third-order valence-corrected chi connectivity index (χ3v) is 2.03. The molecule has 0 fully saturated rings. The summed E-state index contributed by atoms with van der Waals surface area (Å²) in [5.41, 5.74) is 1.49. The first-order chi connectivity index (χ1) is 4.83. The molecule has 1 heteroatoms. The maximum absolute atomic E-state index is 5.06. The lowest BCUT2D eigenvalue weighted by Gasteiger charge is -2.17. The van der Waals surface area contributed by atoms with E-state index < -0.39 is 0 Å². The lowest BCUT2D eigenvalue weighted by molar-refractivity contribution is 0.218. The summed E-state index contributed by atoms with van der Waals surface area (Å²) in [7, 11) is 1.76. The summed E-state index contributed by atoms with van der Waals surface area (Å²) >= 11 is 0. The van der Waals surface area contributed by atoms with Crippen LogP contribution in [0.25, 0.3) is 0 Å². The van der Waals surface area contributed by atoms with Crippen molar-refractivity contribution in [2.75, 3.05) is 13.7 Å². The predicted molar refractivity (Wildman–Crippen MR) is 43.0 cm³/mol. The third-order valence-electron chi connectivity index (χ3n) is 2.03. The molecule has 0 amide bonds. The van der Waals surface area contributed by atoms with Gasteiger partial charge in [-0.25, -0.2) is 0 Å². The van der Waals surface area contributed by atoms with E-state index in [2.05, 4.69) is 13.0 Å². The van der Waals surface area contributed by atoms with Crippen molar-refractivity contribution in [1.82, 2.24) is 0 Å². The maximum Gasteiger partial charge on any atom is 0.0673 e. The van der Waals surface area contributed by atoms with Gasteiger partial charge in [0, 0.05) is 7.11 Å².